The number of aryl methyl sites for hydroxylation is 1. The molecule has 0 bridgehead atoms. The Morgan fingerprint density at radius 2 is 1.74 bits per heavy atom. The van der Waals surface area contributed by atoms with Gasteiger partial charge >= 0.3 is 0 Å². The van der Waals surface area contributed by atoms with Gasteiger partial charge < -0.3 is 5.73 Å². The van der Waals surface area contributed by atoms with Gasteiger partial charge in [-0.25, -0.2) is 4.39 Å². The van der Waals surface area contributed by atoms with Crippen LogP contribution in [0, 0.1) is 11.2 Å². The van der Waals surface area contributed by atoms with Gasteiger partial charge in [0, 0.05) is 0 Å². The first kappa shape index (κ1) is 16.5. The van der Waals surface area contributed by atoms with Gasteiger partial charge in [-0.15, -0.1) is 0 Å². The molecule has 1 nitrogen and oxygen atoms in total. The van der Waals surface area contributed by atoms with Gasteiger partial charge in [0.05, 0.1) is 5.02 Å². The standard InChI is InChI=1S/C16H25ClFN/c1-15(2,3)12-8-11(9-13(18)14(12)17)6-7-16(4,5)10-19/h8-9H,6-7,10,19H2,1-5H3. The molecule has 1 rings (SSSR count). The highest BCUT2D eigenvalue weighted by molar-refractivity contribution is 6.31. The number of rotatable bonds is 4. The first-order valence-corrected chi connectivity index (χ1v) is 7.13. The zero-order chi connectivity index (χ0) is 14.8. The second kappa shape index (κ2) is 5.80. The van der Waals surface area contributed by atoms with Gasteiger partial charge in [0.2, 0.25) is 0 Å². The van der Waals surface area contributed by atoms with E-state index >= 15 is 0 Å². The molecule has 0 heterocycles. The van der Waals surface area contributed by atoms with Crippen LogP contribution in [0.5, 0.6) is 0 Å². The van der Waals surface area contributed by atoms with Gasteiger partial charge in [0.15, 0.2) is 0 Å². The molecule has 0 spiro atoms. The molecule has 1 aromatic rings. The molecule has 108 valence electrons. The first-order valence-electron chi connectivity index (χ1n) is 6.75. The van der Waals surface area contributed by atoms with Crippen molar-refractivity contribution in [3.8, 4) is 0 Å². The number of nitrogens with two attached hydrogens (primary N) is 1. The lowest BCUT2D eigenvalue weighted by Gasteiger charge is -2.24. The summed E-state index contributed by atoms with van der Waals surface area (Å²) in [4.78, 5) is 0. The van der Waals surface area contributed by atoms with Gasteiger partial charge in [0.1, 0.15) is 5.82 Å². The first-order chi connectivity index (χ1) is 8.57. The molecule has 0 saturated carbocycles. The molecule has 0 radical (unpaired) electrons. The van der Waals surface area contributed by atoms with Crippen LogP contribution in [-0.4, -0.2) is 6.54 Å². The molecule has 0 atom stereocenters. The smallest absolute Gasteiger partial charge is 0.142 e. The molecule has 0 amide bonds. The average Bonchev–Trinajstić information content (AvgIpc) is 2.29. The quantitative estimate of drug-likeness (QED) is 0.853. The number of hydrogen-bond acceptors (Lipinski definition) is 1. The van der Waals surface area contributed by atoms with E-state index in [0.717, 1.165) is 24.0 Å². The normalized spacial score (nSPS) is 12.8. The highest BCUT2D eigenvalue weighted by atomic mass is 35.5. The van der Waals surface area contributed by atoms with Crippen LogP contribution in [0.3, 0.4) is 0 Å². The van der Waals surface area contributed by atoms with Gasteiger partial charge in [0.25, 0.3) is 0 Å². The summed E-state index contributed by atoms with van der Waals surface area (Å²) in [5, 5.41) is 0.245. The monoisotopic (exact) mass is 285 g/mol. The van der Waals surface area contributed by atoms with E-state index in [1.54, 1.807) is 6.07 Å². The Labute approximate surface area is 121 Å². The molecule has 0 aliphatic carbocycles. The highest BCUT2D eigenvalue weighted by Crippen LogP contribution is 2.33. The Morgan fingerprint density at radius 3 is 2.21 bits per heavy atom. The van der Waals surface area contributed by atoms with Crippen LogP contribution in [0.2, 0.25) is 5.02 Å². The van der Waals surface area contributed by atoms with Crippen LogP contribution in [0.1, 0.15) is 52.2 Å². The third-order valence-corrected chi connectivity index (χ3v) is 3.92. The summed E-state index contributed by atoms with van der Waals surface area (Å²) >= 11 is 6.07. The second-order valence-electron chi connectivity index (χ2n) is 7.06. The van der Waals surface area contributed by atoms with Crippen LogP contribution in [0.15, 0.2) is 12.1 Å². The van der Waals surface area contributed by atoms with Crippen molar-refractivity contribution in [1.82, 2.24) is 0 Å². The van der Waals surface area contributed by atoms with Crippen LogP contribution < -0.4 is 5.73 Å². The van der Waals surface area contributed by atoms with Crippen LogP contribution in [0.25, 0.3) is 0 Å². The number of hydrogen-bond donors (Lipinski definition) is 1. The maximum atomic E-state index is 13.9. The van der Waals surface area contributed by atoms with Gasteiger partial charge in [-0.3, -0.25) is 0 Å². The zero-order valence-electron chi connectivity index (χ0n) is 12.6. The molecule has 3 heteroatoms. The van der Waals surface area contributed by atoms with Crippen LogP contribution in [0.4, 0.5) is 4.39 Å². The van der Waals surface area contributed by atoms with Gasteiger partial charge in [-0.05, 0) is 47.4 Å². The van der Waals surface area contributed by atoms with Crippen LogP contribution >= 0.6 is 11.6 Å². The van der Waals surface area contributed by atoms with Crippen molar-refractivity contribution in [2.24, 2.45) is 11.1 Å². The molecular weight excluding hydrogens is 261 g/mol. The fourth-order valence-corrected chi connectivity index (χ4v) is 2.31. The summed E-state index contributed by atoms with van der Waals surface area (Å²) in [6, 6.07) is 3.57. The molecule has 0 fully saturated rings. The largest absolute Gasteiger partial charge is 0.330 e. The van der Waals surface area contributed by atoms with Crippen molar-refractivity contribution in [3.63, 3.8) is 0 Å². The summed E-state index contributed by atoms with van der Waals surface area (Å²) in [7, 11) is 0. The molecule has 2 N–H and O–H groups in total. The number of benzene rings is 1. The van der Waals surface area contributed by atoms with E-state index in [0.29, 0.717) is 6.54 Å². The van der Waals surface area contributed by atoms with Crippen molar-refractivity contribution < 1.29 is 4.39 Å². The molecule has 0 aliphatic rings. The zero-order valence-corrected chi connectivity index (χ0v) is 13.4. The Bertz CT molecular complexity index is 447. The third-order valence-electron chi connectivity index (χ3n) is 3.54. The minimum Gasteiger partial charge on any atom is -0.330 e. The van der Waals surface area contributed by atoms with E-state index in [-0.39, 0.29) is 21.7 Å². The summed E-state index contributed by atoms with van der Waals surface area (Å²) in [6.07, 6.45) is 1.76. The van der Waals surface area contributed by atoms with E-state index in [1.165, 1.54) is 0 Å². The molecule has 0 saturated heterocycles. The Morgan fingerprint density at radius 1 is 1.16 bits per heavy atom. The minimum atomic E-state index is -0.324. The van der Waals surface area contributed by atoms with Crippen molar-refractivity contribution in [2.45, 2.75) is 52.9 Å². The predicted octanol–water partition coefficient (Wildman–Crippen LogP) is 4.69. The molecular formula is C16H25ClFN. The van der Waals surface area contributed by atoms with Crippen molar-refractivity contribution >= 4 is 11.6 Å². The second-order valence-corrected chi connectivity index (χ2v) is 7.44. The summed E-state index contributed by atoms with van der Waals surface area (Å²) in [5.41, 5.74) is 7.52. The Balaban J connectivity index is 3.02. The van der Waals surface area contributed by atoms with Gasteiger partial charge in [-0.2, -0.15) is 0 Å². The number of halogens is 2. The van der Waals surface area contributed by atoms with E-state index < -0.39 is 0 Å². The fraction of sp³-hybridized carbons (Fsp3) is 0.625. The van der Waals surface area contributed by atoms with Crippen LogP contribution in [-0.2, 0) is 11.8 Å². The maximum Gasteiger partial charge on any atom is 0.142 e. The summed E-state index contributed by atoms with van der Waals surface area (Å²) in [5.74, 6) is -0.324. The molecule has 19 heavy (non-hydrogen) atoms. The Hall–Kier alpha value is -0.600. The van der Waals surface area contributed by atoms with E-state index in [1.807, 2.05) is 26.8 Å². The summed E-state index contributed by atoms with van der Waals surface area (Å²) < 4.78 is 13.9. The molecule has 0 aliphatic heterocycles. The van der Waals surface area contributed by atoms with E-state index in [2.05, 4.69) is 13.8 Å². The topological polar surface area (TPSA) is 26.0 Å². The SMILES string of the molecule is CC(C)(CN)CCc1cc(F)c(Cl)c(C(C)(C)C)c1. The highest BCUT2D eigenvalue weighted by Gasteiger charge is 2.22. The van der Waals surface area contributed by atoms with Crippen molar-refractivity contribution in [2.75, 3.05) is 6.54 Å². The third kappa shape index (κ3) is 4.47. The predicted molar refractivity (Wildman–Crippen MR) is 81.3 cm³/mol. The van der Waals surface area contributed by atoms with E-state index in [9.17, 15) is 4.39 Å². The Kier molecular flexibility index (Phi) is 5.02. The molecule has 0 aromatic heterocycles. The lowest BCUT2D eigenvalue weighted by Crippen LogP contribution is -2.24. The fourth-order valence-electron chi connectivity index (χ4n) is 1.92. The minimum absolute atomic E-state index is 0.0814. The average molecular weight is 286 g/mol. The summed E-state index contributed by atoms with van der Waals surface area (Å²) in [6.45, 7) is 11.0. The molecule has 1 aromatic carbocycles. The van der Waals surface area contributed by atoms with Crippen molar-refractivity contribution in [3.05, 3.63) is 34.1 Å². The molecule has 0 unspecified atom stereocenters. The van der Waals surface area contributed by atoms with E-state index in [4.69, 9.17) is 17.3 Å². The maximum absolute atomic E-state index is 13.9. The lowest BCUT2D eigenvalue weighted by molar-refractivity contribution is 0.347. The van der Waals surface area contributed by atoms with Gasteiger partial charge in [-0.1, -0.05) is 52.3 Å². The lowest BCUT2D eigenvalue weighted by atomic mass is 9.83. The van der Waals surface area contributed by atoms with Crippen molar-refractivity contribution in [1.29, 1.82) is 0 Å².